The minimum Gasteiger partial charge on any atom is -0.360 e. The lowest BCUT2D eigenvalue weighted by molar-refractivity contribution is 0.372. The maximum atomic E-state index is 12.3. The van der Waals surface area contributed by atoms with Crippen LogP contribution in [-0.4, -0.2) is 13.6 Å². The number of sulfonamides is 1. The Morgan fingerprint density at radius 2 is 2.05 bits per heavy atom. The van der Waals surface area contributed by atoms with Crippen molar-refractivity contribution in [3.05, 3.63) is 33.3 Å². The number of thiophene rings is 1. The van der Waals surface area contributed by atoms with Crippen molar-refractivity contribution in [3.8, 4) is 0 Å². The first kappa shape index (κ1) is 16.2. The Morgan fingerprint density at radius 3 is 2.62 bits per heavy atom. The first-order valence-corrected chi connectivity index (χ1v) is 9.09. The van der Waals surface area contributed by atoms with Crippen LogP contribution in [0.25, 0.3) is 0 Å². The highest BCUT2D eigenvalue weighted by Crippen LogP contribution is 2.24. The molecule has 0 aromatic carbocycles. The van der Waals surface area contributed by atoms with Crippen molar-refractivity contribution in [2.24, 2.45) is 5.92 Å². The van der Waals surface area contributed by atoms with Crippen LogP contribution in [0.15, 0.2) is 21.6 Å². The van der Waals surface area contributed by atoms with Crippen LogP contribution in [0.1, 0.15) is 35.1 Å². The molecule has 2 heterocycles. The molecule has 21 heavy (non-hydrogen) atoms. The van der Waals surface area contributed by atoms with E-state index >= 15 is 0 Å². The molecule has 7 heteroatoms. The summed E-state index contributed by atoms with van der Waals surface area (Å²) in [5, 5.41) is 3.94. The highest BCUT2D eigenvalue weighted by molar-refractivity contribution is 7.89. The molecule has 0 bridgehead atoms. The number of hydrogen-bond donors (Lipinski definition) is 1. The minimum absolute atomic E-state index is 0.113. The van der Waals surface area contributed by atoms with Gasteiger partial charge in [-0.2, -0.15) is 0 Å². The van der Waals surface area contributed by atoms with Gasteiger partial charge < -0.3 is 4.52 Å². The molecule has 0 fully saturated rings. The highest BCUT2D eigenvalue weighted by atomic mass is 32.2. The summed E-state index contributed by atoms with van der Waals surface area (Å²) < 4.78 is 32.2. The van der Waals surface area contributed by atoms with Crippen molar-refractivity contribution in [1.29, 1.82) is 0 Å². The standard InChI is InChI=1S/C14H20N2O3S2/c1-9(2)5-12-7-13(19-16-12)8-15-21(17,18)14-6-10(3)20-11(14)4/h6-7,9,15H,5,8H2,1-4H3. The summed E-state index contributed by atoms with van der Waals surface area (Å²) >= 11 is 1.47. The lowest BCUT2D eigenvalue weighted by Gasteiger charge is -2.03. The number of nitrogens with zero attached hydrogens (tertiary/aromatic N) is 1. The summed E-state index contributed by atoms with van der Waals surface area (Å²) in [4.78, 5) is 2.11. The Balaban J connectivity index is 2.05. The molecule has 0 radical (unpaired) electrons. The number of hydrogen-bond acceptors (Lipinski definition) is 5. The number of aromatic nitrogens is 1. The van der Waals surface area contributed by atoms with Gasteiger partial charge in [0.25, 0.3) is 0 Å². The predicted molar refractivity (Wildman–Crippen MR) is 82.9 cm³/mol. The first-order valence-electron chi connectivity index (χ1n) is 6.79. The molecule has 2 aromatic heterocycles. The molecular weight excluding hydrogens is 308 g/mol. The van der Waals surface area contributed by atoms with E-state index in [2.05, 4.69) is 23.7 Å². The van der Waals surface area contributed by atoms with Gasteiger partial charge in [-0.05, 0) is 32.3 Å². The zero-order valence-corrected chi connectivity index (χ0v) is 14.3. The maximum Gasteiger partial charge on any atom is 0.242 e. The van der Waals surface area contributed by atoms with Crippen molar-refractivity contribution in [1.82, 2.24) is 9.88 Å². The van der Waals surface area contributed by atoms with Crippen LogP contribution in [0, 0.1) is 19.8 Å². The van der Waals surface area contributed by atoms with E-state index in [9.17, 15) is 8.42 Å². The summed E-state index contributed by atoms with van der Waals surface area (Å²) in [5.41, 5.74) is 0.849. The molecule has 5 nitrogen and oxygen atoms in total. The molecule has 0 aliphatic rings. The molecule has 2 rings (SSSR count). The average Bonchev–Trinajstić information content (AvgIpc) is 2.93. The van der Waals surface area contributed by atoms with Crippen LogP contribution < -0.4 is 4.72 Å². The van der Waals surface area contributed by atoms with Gasteiger partial charge in [-0.1, -0.05) is 19.0 Å². The summed E-state index contributed by atoms with van der Waals surface area (Å²) in [6.45, 7) is 8.01. The van der Waals surface area contributed by atoms with Crippen molar-refractivity contribution in [2.75, 3.05) is 0 Å². The first-order chi connectivity index (χ1) is 9.78. The lowest BCUT2D eigenvalue weighted by atomic mass is 10.1. The van der Waals surface area contributed by atoms with Crippen molar-refractivity contribution >= 4 is 21.4 Å². The molecule has 2 aromatic rings. The van der Waals surface area contributed by atoms with Gasteiger partial charge in [0, 0.05) is 15.8 Å². The molecule has 0 saturated heterocycles. The molecule has 0 unspecified atom stereocenters. The van der Waals surface area contributed by atoms with Crippen molar-refractivity contribution in [2.45, 2.75) is 45.6 Å². The average molecular weight is 328 g/mol. The predicted octanol–water partition coefficient (Wildman–Crippen LogP) is 3.03. The number of aryl methyl sites for hydroxylation is 2. The molecule has 0 amide bonds. The van der Waals surface area contributed by atoms with E-state index in [0.29, 0.717) is 16.6 Å². The van der Waals surface area contributed by atoms with Gasteiger partial charge in [-0.3, -0.25) is 0 Å². The van der Waals surface area contributed by atoms with Crippen LogP contribution in [0.3, 0.4) is 0 Å². The Kier molecular flexibility index (Phi) is 4.85. The van der Waals surface area contributed by atoms with Crippen LogP contribution in [-0.2, 0) is 23.0 Å². The normalized spacial score (nSPS) is 12.2. The summed E-state index contributed by atoms with van der Waals surface area (Å²) in [5.74, 6) is 1.01. The van der Waals surface area contributed by atoms with Crippen LogP contribution in [0.4, 0.5) is 0 Å². The third-order valence-electron chi connectivity index (χ3n) is 2.95. The second-order valence-corrected chi connectivity index (χ2v) is 8.68. The fourth-order valence-electron chi connectivity index (χ4n) is 2.07. The third-order valence-corrected chi connectivity index (χ3v) is 5.57. The Bertz CT molecular complexity index is 714. The van der Waals surface area contributed by atoms with Gasteiger partial charge in [0.2, 0.25) is 10.0 Å². The van der Waals surface area contributed by atoms with Gasteiger partial charge >= 0.3 is 0 Å². The summed E-state index contributed by atoms with van der Waals surface area (Å²) in [6, 6.07) is 3.49. The van der Waals surface area contributed by atoms with Crippen LogP contribution in [0.2, 0.25) is 0 Å². The van der Waals surface area contributed by atoms with E-state index in [1.165, 1.54) is 11.3 Å². The lowest BCUT2D eigenvalue weighted by Crippen LogP contribution is -2.23. The largest absolute Gasteiger partial charge is 0.360 e. The monoisotopic (exact) mass is 328 g/mol. The summed E-state index contributed by atoms with van der Waals surface area (Å²) in [6.07, 6.45) is 0.819. The molecule has 0 aliphatic carbocycles. The molecule has 1 N–H and O–H groups in total. The van der Waals surface area contributed by atoms with Gasteiger partial charge in [-0.15, -0.1) is 11.3 Å². The Hall–Kier alpha value is -1.18. The zero-order chi connectivity index (χ0) is 15.6. The second-order valence-electron chi connectivity index (χ2n) is 5.48. The van der Waals surface area contributed by atoms with Gasteiger partial charge in [-0.25, -0.2) is 13.1 Å². The number of rotatable bonds is 6. The van der Waals surface area contributed by atoms with E-state index < -0.39 is 10.0 Å². The van der Waals surface area contributed by atoms with Crippen LogP contribution in [0.5, 0.6) is 0 Å². The zero-order valence-electron chi connectivity index (χ0n) is 12.6. The third kappa shape index (κ3) is 4.15. The number of nitrogens with one attached hydrogen (secondary N) is 1. The van der Waals surface area contributed by atoms with E-state index in [-0.39, 0.29) is 6.54 Å². The van der Waals surface area contributed by atoms with E-state index in [0.717, 1.165) is 21.9 Å². The van der Waals surface area contributed by atoms with Crippen molar-refractivity contribution in [3.63, 3.8) is 0 Å². The fraction of sp³-hybridized carbons (Fsp3) is 0.500. The minimum atomic E-state index is -3.51. The molecule has 116 valence electrons. The van der Waals surface area contributed by atoms with E-state index in [4.69, 9.17) is 4.52 Å². The van der Waals surface area contributed by atoms with Gasteiger partial charge in [0.05, 0.1) is 17.1 Å². The molecule has 0 atom stereocenters. The fourth-order valence-corrected chi connectivity index (χ4v) is 4.62. The van der Waals surface area contributed by atoms with Crippen LogP contribution >= 0.6 is 11.3 Å². The Labute approximate surface area is 129 Å². The second kappa shape index (κ2) is 6.29. The van der Waals surface area contributed by atoms with Gasteiger partial charge in [0.1, 0.15) is 0 Å². The smallest absolute Gasteiger partial charge is 0.242 e. The van der Waals surface area contributed by atoms with E-state index in [1.807, 2.05) is 6.92 Å². The highest BCUT2D eigenvalue weighted by Gasteiger charge is 2.19. The molecular formula is C14H20N2O3S2. The topological polar surface area (TPSA) is 72.2 Å². The molecule has 0 aliphatic heterocycles. The van der Waals surface area contributed by atoms with E-state index in [1.54, 1.807) is 19.1 Å². The van der Waals surface area contributed by atoms with Gasteiger partial charge in [0.15, 0.2) is 5.76 Å². The summed E-state index contributed by atoms with van der Waals surface area (Å²) in [7, 11) is -3.51. The Morgan fingerprint density at radius 1 is 1.33 bits per heavy atom. The SMILES string of the molecule is Cc1cc(S(=O)(=O)NCc2cc(CC(C)C)no2)c(C)s1. The quantitative estimate of drug-likeness (QED) is 0.884. The van der Waals surface area contributed by atoms with Crippen molar-refractivity contribution < 1.29 is 12.9 Å². The molecule has 0 spiro atoms. The maximum absolute atomic E-state index is 12.3. The molecule has 0 saturated carbocycles.